The van der Waals surface area contributed by atoms with Crippen molar-refractivity contribution in [2.45, 2.75) is 32.2 Å². The van der Waals surface area contributed by atoms with E-state index in [1.165, 1.54) is 10.4 Å². The van der Waals surface area contributed by atoms with Gasteiger partial charge in [0.15, 0.2) is 0 Å². The van der Waals surface area contributed by atoms with E-state index in [2.05, 4.69) is 34.4 Å². The number of halogens is 1. The van der Waals surface area contributed by atoms with Gasteiger partial charge in [-0.25, -0.2) is 0 Å². The molecule has 0 bridgehead atoms. The fourth-order valence-corrected chi connectivity index (χ4v) is 3.83. The van der Waals surface area contributed by atoms with Gasteiger partial charge in [0.25, 0.3) is 0 Å². The summed E-state index contributed by atoms with van der Waals surface area (Å²) in [6, 6.07) is 4.68. The van der Waals surface area contributed by atoms with Crippen LogP contribution in [0, 0.1) is 0 Å². The third-order valence-corrected chi connectivity index (χ3v) is 5.01. The van der Waals surface area contributed by atoms with E-state index in [1.54, 1.807) is 22.7 Å². The topological polar surface area (TPSA) is 12.0 Å². The Bertz CT molecular complexity index is 450. The molecule has 2 aromatic heterocycles. The molecular formula is C14H18ClNS2. The third kappa shape index (κ3) is 4.09. The summed E-state index contributed by atoms with van der Waals surface area (Å²) in [4.78, 5) is 1.29. The van der Waals surface area contributed by atoms with Crippen LogP contribution in [0.5, 0.6) is 0 Å². The van der Waals surface area contributed by atoms with Crippen molar-refractivity contribution in [2.24, 2.45) is 0 Å². The minimum Gasteiger partial charge on any atom is -0.313 e. The van der Waals surface area contributed by atoms with E-state index in [0.717, 1.165) is 30.8 Å². The molecule has 0 radical (unpaired) electrons. The summed E-state index contributed by atoms with van der Waals surface area (Å²) in [5.41, 5.74) is 1.42. The fourth-order valence-electron chi connectivity index (χ4n) is 1.95. The molecular weight excluding hydrogens is 282 g/mol. The second-order valence-electron chi connectivity index (χ2n) is 4.38. The second kappa shape index (κ2) is 7.29. The zero-order valence-electron chi connectivity index (χ0n) is 10.5. The van der Waals surface area contributed by atoms with E-state index >= 15 is 0 Å². The molecule has 0 spiro atoms. The van der Waals surface area contributed by atoms with Crippen LogP contribution >= 0.6 is 34.3 Å². The predicted octanol–water partition coefficient (Wildman–Crippen LogP) is 4.62. The Morgan fingerprint density at radius 2 is 2.17 bits per heavy atom. The normalized spacial score (nSPS) is 12.8. The molecule has 2 heterocycles. The quantitative estimate of drug-likeness (QED) is 0.787. The van der Waals surface area contributed by atoms with Crippen molar-refractivity contribution in [2.75, 3.05) is 6.54 Å². The molecule has 2 aromatic rings. The van der Waals surface area contributed by atoms with Crippen LogP contribution in [0.3, 0.4) is 0 Å². The summed E-state index contributed by atoms with van der Waals surface area (Å²) in [7, 11) is 0. The Labute approximate surface area is 122 Å². The standard InChI is InChI=1S/C14H18ClNS2/c1-2-5-16-12(8-11-3-6-17-10-11)9-14-13(15)4-7-18-14/h3-4,6-7,10,12,16H,2,5,8-9H2,1H3. The van der Waals surface area contributed by atoms with Crippen LogP contribution in [0.1, 0.15) is 23.8 Å². The van der Waals surface area contributed by atoms with Crippen LogP contribution in [-0.4, -0.2) is 12.6 Å². The maximum absolute atomic E-state index is 6.18. The van der Waals surface area contributed by atoms with Gasteiger partial charge >= 0.3 is 0 Å². The van der Waals surface area contributed by atoms with Crippen molar-refractivity contribution in [1.29, 1.82) is 0 Å². The highest BCUT2D eigenvalue weighted by atomic mass is 35.5. The van der Waals surface area contributed by atoms with Gasteiger partial charge in [0, 0.05) is 10.9 Å². The molecule has 0 amide bonds. The Balaban J connectivity index is 1.98. The van der Waals surface area contributed by atoms with Crippen LogP contribution in [0.25, 0.3) is 0 Å². The van der Waals surface area contributed by atoms with Crippen LogP contribution in [0.15, 0.2) is 28.3 Å². The van der Waals surface area contributed by atoms with E-state index < -0.39 is 0 Å². The van der Waals surface area contributed by atoms with Gasteiger partial charge in [-0.15, -0.1) is 11.3 Å². The lowest BCUT2D eigenvalue weighted by Gasteiger charge is -2.17. The maximum atomic E-state index is 6.18. The van der Waals surface area contributed by atoms with Gasteiger partial charge in [-0.2, -0.15) is 11.3 Å². The van der Waals surface area contributed by atoms with Crippen molar-refractivity contribution in [3.63, 3.8) is 0 Å². The zero-order valence-corrected chi connectivity index (χ0v) is 12.9. The molecule has 0 aliphatic rings. The molecule has 0 aromatic carbocycles. The molecule has 1 nitrogen and oxygen atoms in total. The molecule has 1 N–H and O–H groups in total. The molecule has 98 valence electrons. The number of rotatable bonds is 7. The summed E-state index contributed by atoms with van der Waals surface area (Å²) in [5, 5.41) is 11.0. The number of hydrogen-bond donors (Lipinski definition) is 1. The van der Waals surface area contributed by atoms with Gasteiger partial charge in [0.05, 0.1) is 5.02 Å². The van der Waals surface area contributed by atoms with Gasteiger partial charge in [-0.05, 0) is 59.6 Å². The van der Waals surface area contributed by atoms with Crippen molar-refractivity contribution in [3.05, 3.63) is 43.7 Å². The molecule has 1 unspecified atom stereocenters. The first-order valence-electron chi connectivity index (χ1n) is 6.26. The van der Waals surface area contributed by atoms with Crippen molar-refractivity contribution in [3.8, 4) is 0 Å². The molecule has 0 fully saturated rings. The molecule has 0 saturated carbocycles. The van der Waals surface area contributed by atoms with Gasteiger partial charge in [0.2, 0.25) is 0 Å². The Morgan fingerprint density at radius 1 is 1.28 bits per heavy atom. The summed E-state index contributed by atoms with van der Waals surface area (Å²) >= 11 is 9.70. The lowest BCUT2D eigenvalue weighted by molar-refractivity contribution is 0.508. The maximum Gasteiger partial charge on any atom is 0.0545 e. The van der Waals surface area contributed by atoms with Gasteiger partial charge in [0.1, 0.15) is 0 Å². The first-order valence-corrected chi connectivity index (χ1v) is 8.46. The Kier molecular flexibility index (Phi) is 5.70. The summed E-state index contributed by atoms with van der Waals surface area (Å²) < 4.78 is 0. The monoisotopic (exact) mass is 299 g/mol. The first kappa shape index (κ1) is 14.1. The molecule has 0 aliphatic carbocycles. The highest BCUT2D eigenvalue weighted by Crippen LogP contribution is 2.24. The number of nitrogens with one attached hydrogen (secondary N) is 1. The predicted molar refractivity (Wildman–Crippen MR) is 83.1 cm³/mol. The first-order chi connectivity index (χ1) is 8.79. The van der Waals surface area contributed by atoms with Gasteiger partial charge in [-0.1, -0.05) is 18.5 Å². The summed E-state index contributed by atoms with van der Waals surface area (Å²) in [6.45, 7) is 3.27. The molecule has 0 aliphatic heterocycles. The van der Waals surface area contributed by atoms with E-state index in [0.29, 0.717) is 6.04 Å². The van der Waals surface area contributed by atoms with Crippen LogP contribution in [0.4, 0.5) is 0 Å². The van der Waals surface area contributed by atoms with Crippen molar-refractivity contribution >= 4 is 34.3 Å². The molecule has 2 rings (SSSR count). The van der Waals surface area contributed by atoms with Crippen LogP contribution in [0.2, 0.25) is 5.02 Å². The number of hydrogen-bond acceptors (Lipinski definition) is 3. The minimum atomic E-state index is 0.482. The molecule has 18 heavy (non-hydrogen) atoms. The smallest absolute Gasteiger partial charge is 0.0545 e. The molecule has 1 atom stereocenters. The SMILES string of the molecule is CCCNC(Cc1ccsc1)Cc1sccc1Cl. The Hall–Kier alpha value is -0.350. The highest BCUT2D eigenvalue weighted by Gasteiger charge is 2.13. The lowest BCUT2D eigenvalue weighted by atomic mass is 10.0. The third-order valence-electron chi connectivity index (χ3n) is 2.87. The van der Waals surface area contributed by atoms with E-state index in [4.69, 9.17) is 11.6 Å². The molecule has 4 heteroatoms. The van der Waals surface area contributed by atoms with Crippen LogP contribution in [-0.2, 0) is 12.8 Å². The minimum absolute atomic E-state index is 0.482. The van der Waals surface area contributed by atoms with E-state index in [1.807, 2.05) is 6.07 Å². The average molecular weight is 300 g/mol. The second-order valence-corrected chi connectivity index (χ2v) is 6.57. The molecule has 0 saturated heterocycles. The summed E-state index contributed by atoms with van der Waals surface area (Å²) in [5.74, 6) is 0. The van der Waals surface area contributed by atoms with Crippen molar-refractivity contribution in [1.82, 2.24) is 5.32 Å². The van der Waals surface area contributed by atoms with E-state index in [9.17, 15) is 0 Å². The van der Waals surface area contributed by atoms with Crippen LogP contribution < -0.4 is 5.32 Å². The van der Waals surface area contributed by atoms with E-state index in [-0.39, 0.29) is 0 Å². The zero-order chi connectivity index (χ0) is 12.8. The summed E-state index contributed by atoms with van der Waals surface area (Å²) in [6.07, 6.45) is 3.27. The Morgan fingerprint density at radius 3 is 2.78 bits per heavy atom. The highest BCUT2D eigenvalue weighted by molar-refractivity contribution is 7.10. The van der Waals surface area contributed by atoms with Crippen molar-refractivity contribution < 1.29 is 0 Å². The fraction of sp³-hybridized carbons (Fsp3) is 0.429. The average Bonchev–Trinajstić information content (AvgIpc) is 2.99. The largest absolute Gasteiger partial charge is 0.313 e. The van der Waals surface area contributed by atoms with Gasteiger partial charge in [-0.3, -0.25) is 0 Å². The lowest BCUT2D eigenvalue weighted by Crippen LogP contribution is -2.33. The number of thiophene rings is 2. The van der Waals surface area contributed by atoms with Gasteiger partial charge < -0.3 is 5.32 Å².